The average molecular weight is 415 g/mol. The smallest absolute Gasteiger partial charge is 0.414 e. The van der Waals surface area contributed by atoms with Crippen molar-refractivity contribution >= 4 is 39.1 Å². The van der Waals surface area contributed by atoms with Crippen LogP contribution < -0.4 is 10.4 Å². The Morgan fingerprint density at radius 2 is 2.19 bits per heavy atom. The fourth-order valence-corrected chi connectivity index (χ4v) is 3.80. The number of nitrogens with one attached hydrogen (secondary N) is 1. The third-order valence-corrected chi connectivity index (χ3v) is 6.72. The van der Waals surface area contributed by atoms with E-state index in [0.717, 1.165) is 6.26 Å². The van der Waals surface area contributed by atoms with Gasteiger partial charge in [-0.05, 0) is 32.0 Å². The van der Waals surface area contributed by atoms with Crippen molar-refractivity contribution in [1.29, 1.82) is 0 Å². The van der Waals surface area contributed by atoms with Crippen LogP contribution in [-0.2, 0) is 19.4 Å². The third-order valence-electron chi connectivity index (χ3n) is 4.42. The molecule has 146 valence electrons. The molecule has 0 bridgehead atoms. The van der Waals surface area contributed by atoms with Gasteiger partial charge < -0.3 is 4.74 Å². The van der Waals surface area contributed by atoms with Crippen LogP contribution in [0.5, 0.6) is 0 Å². The van der Waals surface area contributed by atoms with E-state index in [1.807, 2.05) is 0 Å². The van der Waals surface area contributed by atoms with Gasteiger partial charge in [0.2, 0.25) is 0 Å². The summed E-state index contributed by atoms with van der Waals surface area (Å²) >= 11 is 6.16. The van der Waals surface area contributed by atoms with E-state index < -0.39 is 32.7 Å². The van der Waals surface area contributed by atoms with Crippen LogP contribution >= 0.6 is 11.6 Å². The molecule has 2 amide bonds. The van der Waals surface area contributed by atoms with Gasteiger partial charge in [-0.1, -0.05) is 17.5 Å². The fraction of sp³-hybridized carbons (Fsp3) is 0.412. The predicted octanol–water partition coefficient (Wildman–Crippen LogP) is 1.74. The number of halogens is 1. The number of cyclic esters (lactones) is 1. The summed E-state index contributed by atoms with van der Waals surface area (Å²) < 4.78 is 27.4. The molecular weight excluding hydrogens is 396 g/mol. The molecule has 0 aromatic heterocycles. The van der Waals surface area contributed by atoms with Gasteiger partial charge in [0.1, 0.15) is 6.10 Å². The Kier molecular flexibility index (Phi) is 6.04. The van der Waals surface area contributed by atoms with Crippen molar-refractivity contribution in [2.24, 2.45) is 0 Å². The number of carbonyl (C=O) groups is 2. The number of hydrogen-bond acceptors (Lipinski definition) is 6. The number of amides is 2. The van der Waals surface area contributed by atoms with E-state index in [-0.39, 0.29) is 13.0 Å². The molecule has 1 heterocycles. The molecule has 2 unspecified atom stereocenters. The molecule has 8 nitrogen and oxygen atoms in total. The molecule has 1 saturated heterocycles. The molecule has 0 radical (unpaired) electrons. The van der Waals surface area contributed by atoms with E-state index in [1.54, 1.807) is 25.1 Å². The lowest BCUT2D eigenvalue weighted by atomic mass is 10.0. The highest BCUT2D eigenvalue weighted by Crippen LogP contribution is 2.31. The van der Waals surface area contributed by atoms with Gasteiger partial charge >= 0.3 is 6.09 Å². The first kappa shape index (κ1) is 21.0. The van der Waals surface area contributed by atoms with Gasteiger partial charge in [-0.25, -0.2) is 18.7 Å². The summed E-state index contributed by atoms with van der Waals surface area (Å²) in [4.78, 5) is 25.4. The zero-order chi connectivity index (χ0) is 20.4. The van der Waals surface area contributed by atoms with Gasteiger partial charge in [-0.3, -0.25) is 14.9 Å². The minimum Gasteiger partial charge on any atom is -0.444 e. The number of sulfone groups is 1. The quantitative estimate of drug-likeness (QED) is 0.431. The number of hydrogen-bond donors (Lipinski definition) is 2. The minimum absolute atomic E-state index is 0.0256. The van der Waals surface area contributed by atoms with Crippen molar-refractivity contribution < 1.29 is 28.0 Å². The first-order chi connectivity index (χ1) is 12.5. The monoisotopic (exact) mass is 414 g/mol. The summed E-state index contributed by atoms with van der Waals surface area (Å²) in [6.45, 7) is 2.87. The van der Waals surface area contributed by atoms with E-state index in [1.165, 1.54) is 17.3 Å². The molecule has 1 fully saturated rings. The molecule has 0 aliphatic carbocycles. The first-order valence-electron chi connectivity index (χ1n) is 7.88. The van der Waals surface area contributed by atoms with Crippen LogP contribution in [0.2, 0.25) is 5.02 Å². The molecular formula is C17H19ClN2O6S. The van der Waals surface area contributed by atoms with Crippen LogP contribution in [-0.4, -0.2) is 49.3 Å². The molecule has 1 aliphatic rings. The Bertz CT molecular complexity index is 936. The molecule has 27 heavy (non-hydrogen) atoms. The normalized spacial score (nSPS) is 18.9. The Morgan fingerprint density at radius 3 is 2.70 bits per heavy atom. The first-order valence-corrected chi connectivity index (χ1v) is 10.1. The van der Waals surface area contributed by atoms with Crippen LogP contribution in [0, 0.1) is 11.8 Å². The van der Waals surface area contributed by atoms with E-state index >= 15 is 0 Å². The van der Waals surface area contributed by atoms with Crippen molar-refractivity contribution in [3.8, 4) is 11.8 Å². The Balaban J connectivity index is 2.25. The number of nitrogens with zero attached hydrogens (tertiary/aromatic N) is 1. The zero-order valence-electron chi connectivity index (χ0n) is 14.9. The molecule has 0 saturated carbocycles. The summed E-state index contributed by atoms with van der Waals surface area (Å²) in [6.07, 6.45) is -0.994. The molecule has 1 aromatic rings. The Hall–Kier alpha value is -2.28. The van der Waals surface area contributed by atoms with Gasteiger partial charge in [-0.15, -0.1) is 5.92 Å². The van der Waals surface area contributed by atoms with E-state index in [2.05, 4.69) is 11.8 Å². The van der Waals surface area contributed by atoms with Gasteiger partial charge in [0, 0.05) is 23.9 Å². The maximum absolute atomic E-state index is 12.2. The van der Waals surface area contributed by atoms with Crippen molar-refractivity contribution in [2.45, 2.75) is 31.1 Å². The van der Waals surface area contributed by atoms with E-state index in [0.29, 0.717) is 16.3 Å². The molecule has 2 N–H and O–H groups in total. The second-order valence-corrected chi connectivity index (χ2v) is 9.16. The number of ether oxygens (including phenoxy) is 1. The number of hydroxylamine groups is 1. The Labute approximate surface area is 162 Å². The molecule has 0 spiro atoms. The second kappa shape index (κ2) is 7.76. The summed E-state index contributed by atoms with van der Waals surface area (Å²) in [5.74, 6) is 4.47. The van der Waals surface area contributed by atoms with E-state index in [9.17, 15) is 18.0 Å². The number of anilines is 1. The maximum Gasteiger partial charge on any atom is 0.414 e. The zero-order valence-corrected chi connectivity index (χ0v) is 16.5. The summed E-state index contributed by atoms with van der Waals surface area (Å²) in [7, 11) is -3.90. The average Bonchev–Trinajstić information content (AvgIpc) is 2.95. The largest absolute Gasteiger partial charge is 0.444 e. The molecule has 1 aliphatic heterocycles. The van der Waals surface area contributed by atoms with Crippen molar-refractivity contribution in [1.82, 2.24) is 5.48 Å². The van der Waals surface area contributed by atoms with Gasteiger partial charge in [0.15, 0.2) is 14.6 Å². The third kappa shape index (κ3) is 4.18. The van der Waals surface area contributed by atoms with Crippen molar-refractivity contribution in [3.05, 3.63) is 28.8 Å². The summed E-state index contributed by atoms with van der Waals surface area (Å²) in [5, 5.41) is 9.24. The number of benzene rings is 1. The summed E-state index contributed by atoms with van der Waals surface area (Å²) in [6, 6.07) is 4.86. The summed E-state index contributed by atoms with van der Waals surface area (Å²) in [5.41, 5.74) is 2.43. The maximum atomic E-state index is 12.2. The second-order valence-electron chi connectivity index (χ2n) is 6.30. The fourth-order valence-electron chi connectivity index (χ4n) is 2.71. The van der Waals surface area contributed by atoms with E-state index in [4.69, 9.17) is 21.5 Å². The highest BCUT2D eigenvalue weighted by Gasteiger charge is 2.48. The molecule has 1 aromatic carbocycles. The lowest BCUT2D eigenvalue weighted by Crippen LogP contribution is -2.51. The van der Waals surface area contributed by atoms with Gasteiger partial charge in [-0.2, -0.15) is 0 Å². The topological polar surface area (TPSA) is 113 Å². The molecule has 2 atom stereocenters. The lowest BCUT2D eigenvalue weighted by molar-refractivity contribution is -0.132. The lowest BCUT2D eigenvalue weighted by Gasteiger charge is -2.26. The van der Waals surface area contributed by atoms with Gasteiger partial charge in [0.05, 0.1) is 11.6 Å². The minimum atomic E-state index is -3.90. The highest BCUT2D eigenvalue weighted by atomic mass is 35.5. The van der Waals surface area contributed by atoms with Crippen LogP contribution in [0.15, 0.2) is 18.2 Å². The standard InChI is InChI=1S/C17H19ClN2O6S/c1-4-5-11-6-7-12(8-14(11)18)20-10-13(26-16(20)22)9-17(2,15(21)19-23)27(3,24)25/h6-8,13,23H,9-10H2,1-3H3,(H,19,21). The van der Waals surface area contributed by atoms with Crippen LogP contribution in [0.1, 0.15) is 25.8 Å². The number of rotatable bonds is 5. The molecule has 2 rings (SSSR count). The van der Waals surface area contributed by atoms with Crippen LogP contribution in [0.25, 0.3) is 0 Å². The van der Waals surface area contributed by atoms with Crippen LogP contribution in [0.4, 0.5) is 10.5 Å². The Morgan fingerprint density at radius 1 is 1.52 bits per heavy atom. The number of carbonyl (C=O) groups excluding carboxylic acids is 2. The highest BCUT2D eigenvalue weighted by molar-refractivity contribution is 7.92. The SMILES string of the molecule is CC#Cc1ccc(N2CC(CC(C)(C(=O)NO)S(C)(=O)=O)OC2=O)cc1Cl. The van der Waals surface area contributed by atoms with Gasteiger partial charge in [0.25, 0.3) is 5.91 Å². The molecule has 10 heteroatoms. The van der Waals surface area contributed by atoms with Crippen molar-refractivity contribution in [2.75, 3.05) is 17.7 Å². The predicted molar refractivity (Wildman–Crippen MR) is 99.4 cm³/mol. The van der Waals surface area contributed by atoms with Crippen LogP contribution in [0.3, 0.4) is 0 Å². The van der Waals surface area contributed by atoms with Crippen molar-refractivity contribution in [3.63, 3.8) is 0 Å².